The van der Waals surface area contributed by atoms with Crippen LogP contribution in [0.2, 0.25) is 0 Å². The van der Waals surface area contributed by atoms with E-state index in [9.17, 15) is 76.6 Å². The largest absolute Gasteiger partial charge is 0.394 e. The zero-order chi connectivity index (χ0) is 46.3. The van der Waals surface area contributed by atoms with Crippen LogP contribution in [0.15, 0.2) is 0 Å². The van der Waals surface area contributed by atoms with Crippen molar-refractivity contribution in [1.82, 2.24) is 0 Å². The minimum atomic E-state index is -2.10. The highest BCUT2D eigenvalue weighted by Crippen LogP contribution is 2.37. The molecular formula is C35H63NO27. The molecule has 0 aromatic heterocycles. The topological polar surface area (TPSA) is 440 Å². The summed E-state index contributed by atoms with van der Waals surface area (Å²) in [6.45, 7) is -4.03. The maximum atomic E-state index is 11.8. The van der Waals surface area contributed by atoms with Gasteiger partial charge in [0.2, 0.25) is 0 Å². The van der Waals surface area contributed by atoms with Gasteiger partial charge in [0.1, 0.15) is 122 Å². The van der Waals surface area contributed by atoms with Crippen LogP contribution >= 0.6 is 0 Å². The molecule has 0 radical (unpaired) electrons. The predicted molar refractivity (Wildman–Crippen MR) is 195 cm³/mol. The third-order valence-electron chi connectivity index (χ3n) is 11.3. The van der Waals surface area contributed by atoms with E-state index in [0.717, 1.165) is 7.11 Å². The molecule has 5 saturated heterocycles. The highest BCUT2D eigenvalue weighted by molar-refractivity contribution is 4.99. The first-order valence-corrected chi connectivity index (χ1v) is 20.3. The second-order valence-electron chi connectivity index (χ2n) is 15.4. The van der Waals surface area contributed by atoms with Crippen LogP contribution in [0.25, 0.3) is 0 Å². The average Bonchev–Trinajstić information content (AvgIpc) is 3.28. The fourth-order valence-electron chi connectivity index (χ4n) is 7.78. The summed E-state index contributed by atoms with van der Waals surface area (Å²) in [6.07, 6.45) is -45.3. The standard InChI is InChI=1S/C35H63NO27/c1-52-26-15(10-41)59-33(60-27-19(45)14(9-40)55-31(24(27)50)54-5-4-53-3-2-36)25(51)28(26)61-34-30(22(48)18(44)12(7-38)57-34)63-35-29(21(47)17(43)13(8-39)58-35)62-32-23(49)20(46)16(42)11(6-37)56-32/h11-35,37-51H,2-10,36H2,1H3/t11?,12?,13?,14?,15?,16-,17-,18-,19-,20?,21?,22?,23?,24?,25?,26-,27?,28?,29?,30?,31+,32-,33-,34-,35-/m1/s1. The Kier molecular flexibility index (Phi) is 20.3. The van der Waals surface area contributed by atoms with Crippen molar-refractivity contribution in [2.75, 3.05) is 66.5 Å². The van der Waals surface area contributed by atoms with Gasteiger partial charge in [0.25, 0.3) is 0 Å². The summed E-state index contributed by atoms with van der Waals surface area (Å²) < 4.78 is 68.1. The fourth-order valence-corrected chi connectivity index (χ4v) is 7.78. The molecule has 5 rings (SSSR count). The summed E-state index contributed by atoms with van der Waals surface area (Å²) in [6, 6.07) is 0. The minimum Gasteiger partial charge on any atom is -0.394 e. The van der Waals surface area contributed by atoms with Crippen LogP contribution in [0.4, 0.5) is 0 Å². The number of hydrogen-bond acceptors (Lipinski definition) is 28. The molecule has 5 aliphatic rings. The molecule has 5 heterocycles. The van der Waals surface area contributed by atoms with Gasteiger partial charge in [-0.15, -0.1) is 0 Å². The van der Waals surface area contributed by atoms with Gasteiger partial charge in [-0.3, -0.25) is 0 Å². The van der Waals surface area contributed by atoms with E-state index in [1.165, 1.54) is 0 Å². The molecule has 28 heteroatoms. The van der Waals surface area contributed by atoms with E-state index in [1.807, 2.05) is 0 Å². The Hall–Kier alpha value is -1.12. The van der Waals surface area contributed by atoms with Crippen LogP contribution in [0.1, 0.15) is 0 Å². The molecular weight excluding hydrogens is 866 g/mol. The van der Waals surface area contributed by atoms with Gasteiger partial charge in [-0.25, -0.2) is 0 Å². The van der Waals surface area contributed by atoms with Crippen molar-refractivity contribution in [2.24, 2.45) is 5.73 Å². The molecule has 0 saturated carbocycles. The minimum absolute atomic E-state index is 0.0296. The maximum Gasteiger partial charge on any atom is 0.187 e. The van der Waals surface area contributed by atoms with Crippen LogP contribution < -0.4 is 5.73 Å². The van der Waals surface area contributed by atoms with Crippen LogP contribution in [-0.2, 0) is 56.8 Å². The first-order valence-electron chi connectivity index (χ1n) is 20.3. The van der Waals surface area contributed by atoms with Crippen molar-refractivity contribution in [2.45, 2.75) is 154 Å². The second kappa shape index (κ2) is 24.2. The Bertz CT molecular complexity index is 1330. The summed E-state index contributed by atoms with van der Waals surface area (Å²) in [5.74, 6) is 0. The molecule has 0 aromatic carbocycles. The molecule has 25 atom stereocenters. The van der Waals surface area contributed by atoms with E-state index in [2.05, 4.69) is 0 Å². The van der Waals surface area contributed by atoms with Gasteiger partial charge < -0.3 is 139 Å². The fraction of sp³-hybridized carbons (Fsp3) is 1.00. The lowest BCUT2D eigenvalue weighted by Gasteiger charge is -2.50. The van der Waals surface area contributed by atoms with Crippen molar-refractivity contribution in [3.05, 3.63) is 0 Å². The Morgan fingerprint density at radius 1 is 0.365 bits per heavy atom. The lowest BCUT2D eigenvalue weighted by atomic mass is 9.95. The Balaban J connectivity index is 1.41. The third-order valence-corrected chi connectivity index (χ3v) is 11.3. The second-order valence-corrected chi connectivity index (χ2v) is 15.4. The van der Waals surface area contributed by atoms with E-state index in [4.69, 9.17) is 62.6 Å². The van der Waals surface area contributed by atoms with Gasteiger partial charge in [0.05, 0.1) is 52.9 Å². The van der Waals surface area contributed by atoms with Gasteiger partial charge >= 0.3 is 0 Å². The smallest absolute Gasteiger partial charge is 0.187 e. The first-order chi connectivity index (χ1) is 30.1. The molecule has 5 fully saturated rings. The van der Waals surface area contributed by atoms with Gasteiger partial charge in [-0.2, -0.15) is 0 Å². The van der Waals surface area contributed by atoms with Crippen molar-refractivity contribution >= 4 is 0 Å². The summed E-state index contributed by atoms with van der Waals surface area (Å²) in [7, 11) is 1.14. The molecule has 15 unspecified atom stereocenters. The lowest BCUT2D eigenvalue weighted by Crippen LogP contribution is -2.68. The number of hydrogen-bond donors (Lipinski definition) is 16. The zero-order valence-electron chi connectivity index (χ0n) is 34.0. The van der Waals surface area contributed by atoms with Crippen LogP contribution in [-0.4, -0.2) is 297 Å². The average molecular weight is 930 g/mol. The van der Waals surface area contributed by atoms with E-state index >= 15 is 0 Å². The molecule has 0 aromatic rings. The number of aliphatic hydroxyl groups is 15. The molecule has 0 aliphatic carbocycles. The Morgan fingerprint density at radius 3 is 1.27 bits per heavy atom. The monoisotopic (exact) mass is 929 g/mol. The summed E-state index contributed by atoms with van der Waals surface area (Å²) >= 11 is 0. The summed E-state index contributed by atoms with van der Waals surface area (Å²) in [5, 5.41) is 160. The zero-order valence-corrected chi connectivity index (χ0v) is 34.0. The SMILES string of the molecule is CO[C@@H]1C(CO)O[C@H](OC2C(O)[C@@H](OCCOCCN)OC(CO)[C@H]2O)C(O)C1O[C@H]1OC(CO)[C@@H](O)C(O)C1O[C@H]1OC(CO)[C@@H](O)C(O)C1O[C@H]1OC(CO)[C@@H](O)C(O)C1O. The molecule has 370 valence electrons. The van der Waals surface area contributed by atoms with E-state index in [-0.39, 0.29) is 26.4 Å². The molecule has 63 heavy (non-hydrogen) atoms. The molecule has 5 aliphatic heterocycles. The highest BCUT2D eigenvalue weighted by atomic mass is 16.8. The molecule has 0 spiro atoms. The summed E-state index contributed by atoms with van der Waals surface area (Å²) in [5.41, 5.74) is 5.41. The van der Waals surface area contributed by atoms with E-state index in [1.54, 1.807) is 0 Å². The molecule has 0 bridgehead atoms. The van der Waals surface area contributed by atoms with E-state index < -0.39 is 187 Å². The molecule has 0 amide bonds. The number of ether oxygens (including phenoxy) is 12. The number of aliphatic hydroxyl groups excluding tert-OH is 15. The Labute approximate surface area is 359 Å². The number of nitrogens with two attached hydrogens (primary N) is 1. The first kappa shape index (κ1) is 52.8. The normalized spacial score (nSPS) is 48.6. The van der Waals surface area contributed by atoms with Crippen LogP contribution in [0.5, 0.6) is 0 Å². The lowest BCUT2D eigenvalue weighted by molar-refractivity contribution is -0.407. The number of rotatable bonds is 20. The van der Waals surface area contributed by atoms with Crippen molar-refractivity contribution < 1.29 is 133 Å². The summed E-state index contributed by atoms with van der Waals surface area (Å²) in [4.78, 5) is 0. The maximum absolute atomic E-state index is 11.8. The third kappa shape index (κ3) is 11.8. The predicted octanol–water partition coefficient (Wildman–Crippen LogP) is -11.3. The highest BCUT2D eigenvalue weighted by Gasteiger charge is 2.57. The molecule has 28 nitrogen and oxygen atoms in total. The molecule has 17 N–H and O–H groups in total. The van der Waals surface area contributed by atoms with Crippen molar-refractivity contribution in [3.63, 3.8) is 0 Å². The quantitative estimate of drug-likeness (QED) is 0.0504. The Morgan fingerprint density at radius 2 is 0.762 bits per heavy atom. The van der Waals surface area contributed by atoms with Gasteiger partial charge in [0, 0.05) is 13.7 Å². The van der Waals surface area contributed by atoms with Crippen molar-refractivity contribution in [3.8, 4) is 0 Å². The van der Waals surface area contributed by atoms with Gasteiger partial charge in [-0.1, -0.05) is 0 Å². The van der Waals surface area contributed by atoms with Crippen molar-refractivity contribution in [1.29, 1.82) is 0 Å². The van der Waals surface area contributed by atoms with Gasteiger partial charge in [0.15, 0.2) is 31.5 Å². The van der Waals surface area contributed by atoms with Crippen LogP contribution in [0, 0.1) is 0 Å². The van der Waals surface area contributed by atoms with Gasteiger partial charge in [-0.05, 0) is 0 Å². The van der Waals surface area contributed by atoms with E-state index in [0.29, 0.717) is 0 Å². The van der Waals surface area contributed by atoms with Crippen LogP contribution in [0.3, 0.4) is 0 Å². The number of methoxy groups -OCH3 is 1.